The first-order valence-corrected chi connectivity index (χ1v) is 8.30. The maximum absolute atomic E-state index is 12.2. The van der Waals surface area contributed by atoms with Gasteiger partial charge in [-0.15, -0.1) is 0 Å². The van der Waals surface area contributed by atoms with Gasteiger partial charge in [-0.25, -0.2) is 0 Å². The summed E-state index contributed by atoms with van der Waals surface area (Å²) in [5.41, 5.74) is 0.163. The molecule has 5 atom stereocenters. The van der Waals surface area contributed by atoms with Crippen molar-refractivity contribution < 1.29 is 28.8 Å². The van der Waals surface area contributed by atoms with E-state index in [1.54, 1.807) is 0 Å². The average Bonchev–Trinajstić information content (AvgIpc) is 2.54. The van der Waals surface area contributed by atoms with Gasteiger partial charge >= 0.3 is 6.61 Å². The van der Waals surface area contributed by atoms with E-state index in [0.717, 1.165) is 12.8 Å². The van der Waals surface area contributed by atoms with E-state index < -0.39 is 37.6 Å². The highest BCUT2D eigenvalue weighted by molar-refractivity contribution is 5.22. The summed E-state index contributed by atoms with van der Waals surface area (Å²) in [7, 11) is 0. The predicted octanol–water partition coefficient (Wildman–Crippen LogP) is 1.18. The number of halogens is 2. The Kier molecular flexibility index (Phi) is 6.91. The van der Waals surface area contributed by atoms with Gasteiger partial charge in [-0.1, -0.05) is 25.3 Å². The third-order valence-corrected chi connectivity index (χ3v) is 5.00. The Morgan fingerprint density at radius 3 is 2.43 bits per heavy atom. The molecule has 1 fully saturated rings. The number of aliphatic hydroxyl groups is 3. The molecule has 0 unspecified atom stereocenters. The van der Waals surface area contributed by atoms with E-state index in [4.69, 9.17) is 0 Å². The fraction of sp³-hybridized carbons (Fsp3) is 0.875. The van der Waals surface area contributed by atoms with Gasteiger partial charge in [0.05, 0.1) is 12.6 Å². The van der Waals surface area contributed by atoms with Crippen molar-refractivity contribution in [2.75, 3.05) is 6.61 Å². The van der Waals surface area contributed by atoms with Crippen LogP contribution in [-0.2, 0) is 4.74 Å². The van der Waals surface area contributed by atoms with Crippen LogP contribution in [0.25, 0.3) is 0 Å². The fourth-order valence-corrected chi connectivity index (χ4v) is 3.56. The highest BCUT2D eigenvalue weighted by atomic mass is 19.3. The normalized spacial score (nSPS) is 34.5. The van der Waals surface area contributed by atoms with Gasteiger partial charge in [-0.05, 0) is 31.3 Å². The molecule has 2 rings (SSSR count). The molecular weight excluding hydrogens is 308 g/mol. The highest BCUT2D eigenvalue weighted by Crippen LogP contribution is 2.28. The Morgan fingerprint density at radius 1 is 1.17 bits per heavy atom. The number of nitrogens with one attached hydrogen (secondary N) is 1. The van der Waals surface area contributed by atoms with Crippen LogP contribution in [0.3, 0.4) is 0 Å². The molecule has 0 amide bonds. The molecule has 0 aliphatic heterocycles. The molecule has 0 heterocycles. The molecule has 0 radical (unpaired) electrons. The summed E-state index contributed by atoms with van der Waals surface area (Å²) in [6, 6.07) is -0.465. The quantitative estimate of drug-likeness (QED) is 0.548. The molecule has 0 bridgehead atoms. The lowest BCUT2D eigenvalue weighted by atomic mass is 9.83. The second-order valence-corrected chi connectivity index (χ2v) is 6.62. The van der Waals surface area contributed by atoms with Crippen LogP contribution in [0.4, 0.5) is 8.78 Å². The third kappa shape index (κ3) is 4.93. The van der Waals surface area contributed by atoms with E-state index in [2.05, 4.69) is 10.1 Å². The van der Waals surface area contributed by atoms with Gasteiger partial charge in [0.1, 0.15) is 18.3 Å². The molecular formula is C16H27F2NO4. The molecule has 7 heteroatoms. The topological polar surface area (TPSA) is 82.0 Å². The molecule has 0 aromatic rings. The van der Waals surface area contributed by atoms with Crippen LogP contribution < -0.4 is 5.32 Å². The van der Waals surface area contributed by atoms with Gasteiger partial charge in [-0.3, -0.25) is 0 Å². The minimum Gasteiger partial charge on any atom is -0.388 e. The smallest absolute Gasteiger partial charge is 0.345 e. The van der Waals surface area contributed by atoms with Gasteiger partial charge in [-0.2, -0.15) is 8.78 Å². The zero-order valence-electron chi connectivity index (χ0n) is 13.4. The zero-order valence-corrected chi connectivity index (χ0v) is 13.4. The Hall–Kier alpha value is -0.600. The monoisotopic (exact) mass is 335 g/mol. The lowest BCUT2D eigenvalue weighted by Gasteiger charge is -2.38. The summed E-state index contributed by atoms with van der Waals surface area (Å²) in [6.07, 6.45) is 3.35. The minimum atomic E-state index is -2.94. The first-order chi connectivity index (χ1) is 10.9. The van der Waals surface area contributed by atoms with E-state index in [0.29, 0.717) is 5.92 Å². The zero-order chi connectivity index (χ0) is 17.0. The number of alkyl halides is 2. The number of aliphatic hydroxyl groups excluding tert-OH is 3. The summed E-state index contributed by atoms with van der Waals surface area (Å²) in [4.78, 5) is 0. The predicted molar refractivity (Wildman–Crippen MR) is 81.0 cm³/mol. The molecule has 0 saturated heterocycles. The Morgan fingerprint density at radius 2 is 1.83 bits per heavy atom. The van der Waals surface area contributed by atoms with Crippen molar-refractivity contribution in [2.45, 2.75) is 76.0 Å². The summed E-state index contributed by atoms with van der Waals surface area (Å²) >= 11 is 0. The number of rotatable bonds is 6. The van der Waals surface area contributed by atoms with Crippen LogP contribution in [0, 0.1) is 5.92 Å². The molecule has 5 nitrogen and oxygen atoms in total. The molecule has 134 valence electrons. The van der Waals surface area contributed by atoms with Gasteiger partial charge in [0.2, 0.25) is 0 Å². The number of hydrogen-bond acceptors (Lipinski definition) is 5. The van der Waals surface area contributed by atoms with Crippen LogP contribution in [0.2, 0.25) is 0 Å². The van der Waals surface area contributed by atoms with E-state index >= 15 is 0 Å². The van der Waals surface area contributed by atoms with Crippen LogP contribution in [0.1, 0.15) is 39.0 Å². The average molecular weight is 335 g/mol. The van der Waals surface area contributed by atoms with Crippen molar-refractivity contribution >= 4 is 0 Å². The molecule has 1 saturated carbocycles. The summed E-state index contributed by atoms with van der Waals surface area (Å²) in [5, 5.41) is 33.3. The first-order valence-electron chi connectivity index (χ1n) is 8.30. The van der Waals surface area contributed by atoms with E-state index in [9.17, 15) is 24.1 Å². The minimum absolute atomic E-state index is 0.130. The van der Waals surface area contributed by atoms with Crippen LogP contribution in [-0.4, -0.2) is 58.9 Å². The SMILES string of the molecule is C[C@@H](N[C@@H]1C=C(COC(F)F)[C@H](O)[C@H](O)[C@H]1O)C1CCCCC1. The first kappa shape index (κ1) is 18.7. The van der Waals surface area contributed by atoms with E-state index in [-0.39, 0.29) is 11.6 Å². The Bertz CT molecular complexity index is 402. The highest BCUT2D eigenvalue weighted by Gasteiger charge is 2.38. The van der Waals surface area contributed by atoms with Crippen molar-refractivity contribution in [3.8, 4) is 0 Å². The summed E-state index contributed by atoms with van der Waals surface area (Å²) < 4.78 is 28.6. The molecule has 0 spiro atoms. The number of ether oxygens (including phenoxy) is 1. The molecule has 23 heavy (non-hydrogen) atoms. The number of hydrogen-bond donors (Lipinski definition) is 4. The van der Waals surface area contributed by atoms with E-state index in [1.807, 2.05) is 6.92 Å². The molecule has 2 aliphatic rings. The van der Waals surface area contributed by atoms with Gasteiger partial charge in [0, 0.05) is 6.04 Å². The maximum Gasteiger partial charge on any atom is 0.345 e. The van der Waals surface area contributed by atoms with Crippen LogP contribution >= 0.6 is 0 Å². The maximum atomic E-state index is 12.2. The molecule has 4 N–H and O–H groups in total. The second-order valence-electron chi connectivity index (χ2n) is 6.62. The fourth-order valence-electron chi connectivity index (χ4n) is 3.56. The standard InChI is InChI=1S/C16H27F2NO4/c1-9(10-5-3-2-4-6-10)19-12-7-11(8-23-16(17)18)13(20)15(22)14(12)21/h7,9-10,12-16,19-22H,2-6,8H2,1H3/t9-,12-,13+,14+,15+/m1/s1. The largest absolute Gasteiger partial charge is 0.388 e. The summed E-state index contributed by atoms with van der Waals surface area (Å²) in [6.45, 7) is -1.39. The van der Waals surface area contributed by atoms with Gasteiger partial charge in [0.25, 0.3) is 0 Å². The Balaban J connectivity index is 2.02. The summed E-state index contributed by atoms with van der Waals surface area (Å²) in [5.74, 6) is 0.495. The van der Waals surface area contributed by atoms with Crippen LogP contribution in [0.5, 0.6) is 0 Å². The third-order valence-electron chi connectivity index (χ3n) is 5.00. The van der Waals surface area contributed by atoms with E-state index in [1.165, 1.54) is 25.3 Å². The Labute approximate surface area is 135 Å². The lowest BCUT2D eigenvalue weighted by Crippen LogP contribution is -2.56. The molecule has 0 aromatic heterocycles. The van der Waals surface area contributed by atoms with Gasteiger partial charge in [0.15, 0.2) is 0 Å². The van der Waals surface area contributed by atoms with Crippen molar-refractivity contribution in [3.05, 3.63) is 11.6 Å². The van der Waals surface area contributed by atoms with Crippen molar-refractivity contribution in [2.24, 2.45) is 5.92 Å². The van der Waals surface area contributed by atoms with Crippen molar-refractivity contribution in [1.82, 2.24) is 5.32 Å². The molecule has 0 aromatic carbocycles. The van der Waals surface area contributed by atoms with Crippen LogP contribution in [0.15, 0.2) is 11.6 Å². The lowest BCUT2D eigenvalue weighted by molar-refractivity contribution is -0.129. The molecule has 2 aliphatic carbocycles. The van der Waals surface area contributed by atoms with Crippen molar-refractivity contribution in [3.63, 3.8) is 0 Å². The van der Waals surface area contributed by atoms with Gasteiger partial charge < -0.3 is 25.4 Å². The van der Waals surface area contributed by atoms with Crippen molar-refractivity contribution in [1.29, 1.82) is 0 Å². The second kappa shape index (κ2) is 8.48.